The van der Waals surface area contributed by atoms with Crippen LogP contribution in [0.25, 0.3) is 0 Å². The van der Waals surface area contributed by atoms with Crippen LogP contribution in [0.5, 0.6) is 0 Å². The Kier molecular flexibility index (Phi) is 6.95. The summed E-state index contributed by atoms with van der Waals surface area (Å²) in [5.74, 6) is -0.0836. The number of aliphatic hydroxyl groups is 1. The highest BCUT2D eigenvalue weighted by Crippen LogP contribution is 2.29. The van der Waals surface area contributed by atoms with Crippen LogP contribution in [0.1, 0.15) is 43.5 Å². The number of benzene rings is 1. The number of carbonyl (C=O) groups is 1. The topological polar surface area (TPSA) is 74.2 Å². The summed E-state index contributed by atoms with van der Waals surface area (Å²) < 4.78 is 0. The van der Waals surface area contributed by atoms with Crippen molar-refractivity contribution in [2.45, 2.75) is 33.1 Å². The number of aliphatic hydroxyl groups excluding tert-OH is 1. The van der Waals surface area contributed by atoms with E-state index in [1.54, 1.807) is 12.4 Å². The molecule has 0 aliphatic rings. The van der Waals surface area contributed by atoms with E-state index in [0.29, 0.717) is 18.5 Å². The van der Waals surface area contributed by atoms with Crippen LogP contribution in [0.15, 0.2) is 48.8 Å². The summed E-state index contributed by atoms with van der Waals surface area (Å²) in [6.07, 6.45) is 6.02. The van der Waals surface area contributed by atoms with Gasteiger partial charge in [0.1, 0.15) is 0 Å². The molecule has 134 valence electrons. The Balaban J connectivity index is 1.96. The lowest BCUT2D eigenvalue weighted by Crippen LogP contribution is -2.37. The van der Waals surface area contributed by atoms with E-state index in [-0.39, 0.29) is 17.9 Å². The van der Waals surface area contributed by atoms with Crippen molar-refractivity contribution >= 4 is 17.3 Å². The number of rotatable bonds is 9. The third-order valence-corrected chi connectivity index (χ3v) is 4.88. The highest BCUT2D eigenvalue weighted by Gasteiger charge is 2.26. The van der Waals surface area contributed by atoms with Gasteiger partial charge in [0.2, 0.25) is 0 Å². The Morgan fingerprint density at radius 2 is 1.64 bits per heavy atom. The average molecular weight is 341 g/mol. The van der Waals surface area contributed by atoms with Gasteiger partial charge in [-0.15, -0.1) is 0 Å². The summed E-state index contributed by atoms with van der Waals surface area (Å²) >= 11 is 0. The molecule has 3 N–H and O–H groups in total. The molecule has 25 heavy (non-hydrogen) atoms. The summed E-state index contributed by atoms with van der Waals surface area (Å²) in [6.45, 7) is 4.93. The zero-order valence-corrected chi connectivity index (χ0v) is 15.0. The monoisotopic (exact) mass is 341 g/mol. The first-order valence-electron chi connectivity index (χ1n) is 8.78. The minimum absolute atomic E-state index is 0.0345. The molecule has 2 rings (SSSR count). The number of pyridine rings is 1. The minimum Gasteiger partial charge on any atom is -0.396 e. The normalized spacial score (nSPS) is 11.2. The molecule has 5 heteroatoms. The molecule has 0 bridgehead atoms. The van der Waals surface area contributed by atoms with Gasteiger partial charge in [-0.05, 0) is 61.1 Å². The molecule has 0 spiro atoms. The molecule has 0 fully saturated rings. The Bertz CT molecular complexity index is 652. The number of anilines is 2. The standard InChI is InChI=1S/C20H27N3O2/c1-3-20(4-2,11-14-24)15-22-19(25)16-5-7-17(8-6-16)23-18-9-12-21-13-10-18/h5-10,12-13,24H,3-4,11,14-15H2,1-2H3,(H,21,23)(H,22,25). The summed E-state index contributed by atoms with van der Waals surface area (Å²) in [5, 5.41) is 15.6. The SMILES string of the molecule is CCC(CC)(CCO)CNC(=O)c1ccc(Nc2ccncc2)cc1. The van der Waals surface area contributed by atoms with E-state index >= 15 is 0 Å². The Hall–Kier alpha value is -2.40. The molecule has 1 heterocycles. The molecule has 5 nitrogen and oxygen atoms in total. The predicted octanol–water partition coefficient (Wildman–Crippen LogP) is 3.74. The maximum Gasteiger partial charge on any atom is 0.251 e. The summed E-state index contributed by atoms with van der Waals surface area (Å²) in [4.78, 5) is 16.4. The van der Waals surface area contributed by atoms with Crippen LogP contribution < -0.4 is 10.6 Å². The molecule has 0 unspecified atom stereocenters. The van der Waals surface area contributed by atoms with Crippen LogP contribution in [-0.2, 0) is 0 Å². The Morgan fingerprint density at radius 3 is 2.20 bits per heavy atom. The number of carbonyl (C=O) groups excluding carboxylic acids is 1. The van der Waals surface area contributed by atoms with Crippen molar-refractivity contribution in [1.29, 1.82) is 0 Å². The third kappa shape index (κ3) is 5.29. The highest BCUT2D eigenvalue weighted by atomic mass is 16.3. The number of nitrogens with one attached hydrogen (secondary N) is 2. The van der Waals surface area contributed by atoms with Crippen molar-refractivity contribution in [2.24, 2.45) is 5.41 Å². The molecular weight excluding hydrogens is 314 g/mol. The second-order valence-corrected chi connectivity index (χ2v) is 6.30. The zero-order valence-electron chi connectivity index (χ0n) is 15.0. The Labute approximate surface area is 149 Å². The van der Waals surface area contributed by atoms with Gasteiger partial charge in [-0.2, -0.15) is 0 Å². The molecule has 1 aromatic carbocycles. The Morgan fingerprint density at radius 1 is 1.04 bits per heavy atom. The van der Waals surface area contributed by atoms with E-state index < -0.39 is 0 Å². The fourth-order valence-corrected chi connectivity index (χ4v) is 2.86. The van der Waals surface area contributed by atoms with Crippen molar-refractivity contribution in [3.05, 3.63) is 54.4 Å². The smallest absolute Gasteiger partial charge is 0.251 e. The largest absolute Gasteiger partial charge is 0.396 e. The molecule has 0 atom stereocenters. The molecule has 0 aliphatic heterocycles. The van der Waals surface area contributed by atoms with E-state index in [9.17, 15) is 9.90 Å². The van der Waals surface area contributed by atoms with Gasteiger partial charge in [0.05, 0.1) is 0 Å². The lowest BCUT2D eigenvalue weighted by atomic mass is 9.79. The number of hydrogen-bond acceptors (Lipinski definition) is 4. The summed E-state index contributed by atoms with van der Waals surface area (Å²) in [7, 11) is 0. The maximum absolute atomic E-state index is 12.4. The molecule has 0 aliphatic carbocycles. The van der Waals surface area contributed by atoms with Crippen LogP contribution in [0.2, 0.25) is 0 Å². The summed E-state index contributed by atoms with van der Waals surface area (Å²) in [6, 6.07) is 11.2. The number of nitrogens with zero attached hydrogens (tertiary/aromatic N) is 1. The first-order valence-corrected chi connectivity index (χ1v) is 8.78. The first-order chi connectivity index (χ1) is 12.1. The molecule has 1 amide bonds. The zero-order chi connectivity index (χ0) is 18.1. The van der Waals surface area contributed by atoms with E-state index in [2.05, 4.69) is 29.5 Å². The second kappa shape index (κ2) is 9.18. The van der Waals surface area contributed by atoms with Crippen molar-refractivity contribution < 1.29 is 9.90 Å². The van der Waals surface area contributed by atoms with Crippen molar-refractivity contribution in [1.82, 2.24) is 10.3 Å². The lowest BCUT2D eigenvalue weighted by Gasteiger charge is -2.31. The number of amides is 1. The average Bonchev–Trinajstić information content (AvgIpc) is 2.66. The van der Waals surface area contributed by atoms with Crippen LogP contribution in [-0.4, -0.2) is 29.1 Å². The van der Waals surface area contributed by atoms with Gasteiger partial charge in [0.25, 0.3) is 5.91 Å². The van der Waals surface area contributed by atoms with Crippen molar-refractivity contribution in [2.75, 3.05) is 18.5 Å². The van der Waals surface area contributed by atoms with Gasteiger partial charge >= 0.3 is 0 Å². The fourth-order valence-electron chi connectivity index (χ4n) is 2.86. The third-order valence-electron chi connectivity index (χ3n) is 4.88. The first kappa shape index (κ1) is 18.9. The molecule has 1 aromatic heterocycles. The fraction of sp³-hybridized carbons (Fsp3) is 0.400. The highest BCUT2D eigenvalue weighted by molar-refractivity contribution is 5.94. The lowest BCUT2D eigenvalue weighted by molar-refractivity contribution is 0.0907. The minimum atomic E-state index is -0.0836. The predicted molar refractivity (Wildman–Crippen MR) is 101 cm³/mol. The van der Waals surface area contributed by atoms with Crippen molar-refractivity contribution in [3.8, 4) is 0 Å². The van der Waals surface area contributed by atoms with Gasteiger partial charge in [0, 0.05) is 42.5 Å². The molecule has 2 aromatic rings. The maximum atomic E-state index is 12.4. The van der Waals surface area contributed by atoms with E-state index in [0.717, 1.165) is 24.2 Å². The molecular formula is C20H27N3O2. The van der Waals surface area contributed by atoms with Gasteiger partial charge in [-0.1, -0.05) is 13.8 Å². The van der Waals surface area contributed by atoms with Gasteiger partial charge < -0.3 is 15.7 Å². The van der Waals surface area contributed by atoms with Crippen LogP contribution >= 0.6 is 0 Å². The number of hydrogen-bond donors (Lipinski definition) is 3. The molecule has 0 saturated heterocycles. The summed E-state index contributed by atoms with van der Waals surface area (Å²) in [5.41, 5.74) is 2.46. The quantitative estimate of drug-likeness (QED) is 0.649. The van der Waals surface area contributed by atoms with E-state index in [1.165, 1.54) is 0 Å². The van der Waals surface area contributed by atoms with Crippen LogP contribution in [0.3, 0.4) is 0 Å². The van der Waals surface area contributed by atoms with Crippen molar-refractivity contribution in [3.63, 3.8) is 0 Å². The van der Waals surface area contributed by atoms with E-state index in [1.807, 2.05) is 36.4 Å². The van der Waals surface area contributed by atoms with Crippen LogP contribution in [0.4, 0.5) is 11.4 Å². The second-order valence-electron chi connectivity index (χ2n) is 6.30. The number of aromatic nitrogens is 1. The van der Waals surface area contributed by atoms with Crippen LogP contribution in [0, 0.1) is 5.41 Å². The molecule has 0 radical (unpaired) electrons. The van der Waals surface area contributed by atoms with Gasteiger partial charge in [-0.25, -0.2) is 0 Å². The van der Waals surface area contributed by atoms with Gasteiger partial charge in [-0.3, -0.25) is 9.78 Å². The van der Waals surface area contributed by atoms with E-state index in [4.69, 9.17) is 0 Å². The molecule has 0 saturated carbocycles. The van der Waals surface area contributed by atoms with Gasteiger partial charge in [0.15, 0.2) is 0 Å².